The lowest BCUT2D eigenvalue weighted by atomic mass is 10.1. The molecule has 23 heavy (non-hydrogen) atoms. The van der Waals surface area contributed by atoms with Crippen LogP contribution in [0.15, 0.2) is 27.8 Å². The van der Waals surface area contributed by atoms with Gasteiger partial charge in [-0.05, 0) is 24.5 Å². The average Bonchev–Trinajstić information content (AvgIpc) is 2.93. The average molecular weight is 362 g/mol. The second-order valence-corrected chi connectivity index (χ2v) is 7.88. The van der Waals surface area contributed by atoms with Gasteiger partial charge in [0.2, 0.25) is 15.7 Å². The Morgan fingerprint density at radius 3 is 2.65 bits per heavy atom. The molecule has 126 valence electrons. The van der Waals surface area contributed by atoms with Gasteiger partial charge in [0.25, 0.3) is 0 Å². The summed E-state index contributed by atoms with van der Waals surface area (Å²) >= 11 is 5.84. The number of rotatable bonds is 6. The molecule has 2 aromatic rings. The number of nitrogens with two attached hydrogens (primary N) is 1. The smallest absolute Gasteiger partial charge is 0.335 e. The molecule has 6 nitrogen and oxygen atoms in total. The summed E-state index contributed by atoms with van der Waals surface area (Å²) in [5.41, 5.74) is 5.74. The Labute approximate surface area is 138 Å². The van der Waals surface area contributed by atoms with E-state index < -0.39 is 32.7 Å². The van der Waals surface area contributed by atoms with Crippen molar-refractivity contribution in [3.8, 4) is 0 Å². The normalized spacial score (nSPS) is 13.5. The Morgan fingerprint density at radius 2 is 2.04 bits per heavy atom. The molecule has 0 saturated heterocycles. The minimum Gasteiger partial charge on any atom is -0.411 e. The van der Waals surface area contributed by atoms with E-state index in [2.05, 4.69) is 10.2 Å². The molecule has 0 amide bonds. The van der Waals surface area contributed by atoms with E-state index in [1.165, 1.54) is 12.1 Å². The van der Waals surface area contributed by atoms with Crippen molar-refractivity contribution in [1.82, 2.24) is 10.2 Å². The monoisotopic (exact) mass is 361 g/mol. The van der Waals surface area contributed by atoms with Crippen LogP contribution in [0.3, 0.4) is 0 Å². The minimum atomic E-state index is -4.02. The zero-order chi connectivity index (χ0) is 17.2. The Hall–Kier alpha value is -1.51. The van der Waals surface area contributed by atoms with Crippen LogP contribution in [0, 0.1) is 11.7 Å². The number of hydrogen-bond acceptors (Lipinski definition) is 6. The highest BCUT2D eigenvalue weighted by Gasteiger charge is 2.27. The van der Waals surface area contributed by atoms with Gasteiger partial charge in [-0.1, -0.05) is 36.6 Å². The molecule has 9 heteroatoms. The van der Waals surface area contributed by atoms with Crippen molar-refractivity contribution in [3.63, 3.8) is 0 Å². The highest BCUT2D eigenvalue weighted by atomic mass is 35.5. The maximum Gasteiger partial charge on any atom is 0.335 e. The molecule has 1 heterocycles. The van der Waals surface area contributed by atoms with Gasteiger partial charge in [0.05, 0.1) is 11.8 Å². The lowest BCUT2D eigenvalue weighted by Crippen LogP contribution is -2.13. The first-order valence-corrected chi connectivity index (χ1v) is 8.98. The molecule has 0 unspecified atom stereocenters. The second-order valence-electron chi connectivity index (χ2n) is 5.60. The summed E-state index contributed by atoms with van der Waals surface area (Å²) < 4.78 is 43.5. The van der Waals surface area contributed by atoms with Gasteiger partial charge < -0.3 is 10.2 Å². The van der Waals surface area contributed by atoms with Gasteiger partial charge in [-0.3, -0.25) is 0 Å². The van der Waals surface area contributed by atoms with Crippen molar-refractivity contribution in [3.05, 3.63) is 40.5 Å². The van der Waals surface area contributed by atoms with E-state index in [4.69, 9.17) is 21.8 Å². The molecular formula is C14H17ClFN3O3S. The molecule has 0 saturated carbocycles. The predicted octanol–water partition coefficient (Wildman–Crippen LogP) is 2.88. The minimum absolute atomic E-state index is 0.0184. The molecular weight excluding hydrogens is 345 g/mol. The summed E-state index contributed by atoms with van der Waals surface area (Å²) in [5, 5.41) is 6.62. The van der Waals surface area contributed by atoms with E-state index >= 15 is 0 Å². The van der Waals surface area contributed by atoms with Crippen LogP contribution in [0.5, 0.6) is 0 Å². The van der Waals surface area contributed by atoms with Crippen LogP contribution < -0.4 is 5.73 Å². The molecule has 0 aliphatic rings. The number of halogens is 2. The van der Waals surface area contributed by atoms with Crippen molar-refractivity contribution in [2.45, 2.75) is 37.3 Å². The maximum atomic E-state index is 13.7. The van der Waals surface area contributed by atoms with Gasteiger partial charge in [0, 0.05) is 10.6 Å². The maximum absolute atomic E-state index is 13.7. The lowest BCUT2D eigenvalue weighted by Gasteiger charge is -2.09. The summed E-state index contributed by atoms with van der Waals surface area (Å²) in [4.78, 5) is 0. The summed E-state index contributed by atoms with van der Waals surface area (Å²) in [6, 6.07) is 3.38. The lowest BCUT2D eigenvalue weighted by molar-refractivity contribution is 0.352. The molecule has 0 radical (unpaired) electrons. The topological polar surface area (TPSA) is 99.1 Å². The van der Waals surface area contributed by atoms with E-state index in [1.54, 1.807) is 0 Å². The summed E-state index contributed by atoms with van der Waals surface area (Å²) in [5.74, 6) is -1.05. The van der Waals surface area contributed by atoms with Gasteiger partial charge in [0.1, 0.15) is 5.82 Å². The molecule has 0 aliphatic heterocycles. The van der Waals surface area contributed by atoms with Gasteiger partial charge in [-0.2, -0.15) is 0 Å². The fourth-order valence-corrected chi connectivity index (χ4v) is 3.51. The zero-order valence-electron chi connectivity index (χ0n) is 12.7. The summed E-state index contributed by atoms with van der Waals surface area (Å²) in [7, 11) is -4.02. The molecule has 0 fully saturated rings. The van der Waals surface area contributed by atoms with E-state index in [-0.39, 0.29) is 22.4 Å². The predicted molar refractivity (Wildman–Crippen MR) is 83.0 cm³/mol. The first kappa shape index (κ1) is 17.8. The Bertz CT molecular complexity index is 772. The van der Waals surface area contributed by atoms with E-state index in [0.29, 0.717) is 6.42 Å². The quantitative estimate of drug-likeness (QED) is 0.849. The van der Waals surface area contributed by atoms with Crippen LogP contribution in [-0.2, 0) is 15.6 Å². The fraction of sp³-hybridized carbons (Fsp3) is 0.429. The van der Waals surface area contributed by atoms with E-state index in [9.17, 15) is 12.8 Å². The standard InChI is InChI=1S/C14H17ClFN3O3S/c1-8(2)6-12(17)13-18-19-14(22-13)23(20,21)7-9-10(15)4-3-5-11(9)16/h3-5,8,12H,6-7,17H2,1-2H3/t12-/m0/s1. The van der Waals surface area contributed by atoms with Crippen molar-refractivity contribution in [2.24, 2.45) is 11.7 Å². The van der Waals surface area contributed by atoms with E-state index in [1.807, 2.05) is 13.8 Å². The van der Waals surface area contributed by atoms with Gasteiger partial charge in [0.15, 0.2) is 0 Å². The number of aromatic nitrogens is 2. The number of sulfone groups is 1. The van der Waals surface area contributed by atoms with E-state index in [0.717, 1.165) is 6.07 Å². The summed E-state index contributed by atoms with van der Waals surface area (Å²) in [6.45, 7) is 3.93. The molecule has 1 aromatic heterocycles. The SMILES string of the molecule is CC(C)C[C@H](N)c1nnc(S(=O)(=O)Cc2c(F)cccc2Cl)o1. The Balaban J connectivity index is 2.26. The van der Waals surface area contributed by atoms with Crippen LogP contribution in [0.25, 0.3) is 0 Å². The third-order valence-electron chi connectivity index (χ3n) is 3.13. The number of benzene rings is 1. The molecule has 2 rings (SSSR count). The van der Waals surface area contributed by atoms with Crippen molar-refractivity contribution in [2.75, 3.05) is 0 Å². The van der Waals surface area contributed by atoms with Crippen LogP contribution >= 0.6 is 11.6 Å². The molecule has 0 bridgehead atoms. The first-order chi connectivity index (χ1) is 10.7. The zero-order valence-corrected chi connectivity index (χ0v) is 14.2. The highest BCUT2D eigenvalue weighted by molar-refractivity contribution is 7.90. The van der Waals surface area contributed by atoms with Gasteiger partial charge in [-0.25, -0.2) is 12.8 Å². The highest BCUT2D eigenvalue weighted by Crippen LogP contribution is 2.25. The summed E-state index contributed by atoms with van der Waals surface area (Å²) in [6.07, 6.45) is 0.570. The van der Waals surface area contributed by atoms with Crippen molar-refractivity contribution < 1.29 is 17.2 Å². The van der Waals surface area contributed by atoms with Gasteiger partial charge >= 0.3 is 5.22 Å². The number of hydrogen-bond donors (Lipinski definition) is 1. The second kappa shape index (κ2) is 6.94. The van der Waals surface area contributed by atoms with Crippen LogP contribution in [0.2, 0.25) is 5.02 Å². The third kappa shape index (κ3) is 4.27. The first-order valence-electron chi connectivity index (χ1n) is 6.95. The third-order valence-corrected chi connectivity index (χ3v) is 4.85. The fourth-order valence-electron chi connectivity index (χ4n) is 2.03. The molecule has 0 aliphatic carbocycles. The van der Waals surface area contributed by atoms with Crippen molar-refractivity contribution in [1.29, 1.82) is 0 Å². The van der Waals surface area contributed by atoms with Crippen LogP contribution in [-0.4, -0.2) is 18.6 Å². The molecule has 1 atom stereocenters. The molecule has 0 spiro atoms. The van der Waals surface area contributed by atoms with Crippen LogP contribution in [0.1, 0.15) is 37.8 Å². The molecule has 1 aromatic carbocycles. The van der Waals surface area contributed by atoms with Crippen molar-refractivity contribution >= 4 is 21.4 Å². The Morgan fingerprint density at radius 1 is 1.35 bits per heavy atom. The molecule has 2 N–H and O–H groups in total. The number of nitrogens with zero attached hydrogens (tertiary/aromatic N) is 2. The van der Waals surface area contributed by atoms with Crippen LogP contribution in [0.4, 0.5) is 4.39 Å². The largest absolute Gasteiger partial charge is 0.411 e. The Kier molecular flexibility index (Phi) is 5.38. The van der Waals surface area contributed by atoms with Gasteiger partial charge in [-0.15, -0.1) is 5.10 Å².